The first-order chi connectivity index (χ1) is 13.7. The van der Waals surface area contributed by atoms with Gasteiger partial charge < -0.3 is 14.1 Å². The number of ether oxygens (including phenoxy) is 1. The second-order valence-electron chi connectivity index (χ2n) is 6.62. The molecule has 0 unspecified atom stereocenters. The summed E-state index contributed by atoms with van der Waals surface area (Å²) in [4.78, 5) is 36.6. The van der Waals surface area contributed by atoms with Crippen LogP contribution in [0.3, 0.4) is 0 Å². The van der Waals surface area contributed by atoms with Crippen molar-refractivity contribution >= 4 is 39.9 Å². The summed E-state index contributed by atoms with van der Waals surface area (Å²) in [5.74, 6) is -0.753. The molecule has 150 valence electrons. The predicted octanol–water partition coefficient (Wildman–Crippen LogP) is 4.09. The molecule has 0 spiro atoms. The molecule has 0 N–H and O–H groups in total. The average Bonchev–Trinajstić information content (AvgIpc) is 2.66. The van der Waals surface area contributed by atoms with Gasteiger partial charge in [0.2, 0.25) is 0 Å². The average molecular weight is 417 g/mol. The summed E-state index contributed by atoms with van der Waals surface area (Å²) in [5, 5.41) is 12.1. The highest BCUT2D eigenvalue weighted by molar-refractivity contribution is 6.32. The summed E-state index contributed by atoms with van der Waals surface area (Å²) >= 11 is 6.16. The maximum atomic E-state index is 12.7. The van der Waals surface area contributed by atoms with Gasteiger partial charge >= 0.3 is 11.6 Å². The van der Waals surface area contributed by atoms with Gasteiger partial charge in [-0.05, 0) is 30.7 Å². The van der Waals surface area contributed by atoms with Gasteiger partial charge in [0.15, 0.2) is 0 Å². The van der Waals surface area contributed by atoms with E-state index in [9.17, 15) is 19.7 Å². The van der Waals surface area contributed by atoms with Crippen molar-refractivity contribution in [2.24, 2.45) is 0 Å². The van der Waals surface area contributed by atoms with Crippen LogP contribution >= 0.6 is 11.6 Å². The minimum Gasteiger partial charge on any atom is -0.457 e. The molecule has 8 nitrogen and oxygen atoms in total. The molecule has 1 aromatic heterocycles. The summed E-state index contributed by atoms with van der Waals surface area (Å²) in [6.07, 6.45) is 0. The third kappa shape index (κ3) is 4.22. The standard InChI is InChI=1S/C20H17ClN2O6/c1-11-6-18-14(9-16(11)21)12(7-19(24)29-18)10-28-20(25)15-8-13(23(26)27)4-5-17(15)22(2)3/h4-9H,10H2,1-3H3. The molecule has 9 heteroatoms. The highest BCUT2D eigenvalue weighted by atomic mass is 35.5. The van der Waals surface area contributed by atoms with Gasteiger partial charge in [-0.25, -0.2) is 9.59 Å². The normalized spacial score (nSPS) is 10.8. The Morgan fingerprint density at radius 2 is 1.97 bits per heavy atom. The van der Waals surface area contributed by atoms with Crippen LogP contribution in [0, 0.1) is 17.0 Å². The fourth-order valence-corrected chi connectivity index (χ4v) is 3.04. The number of aryl methyl sites for hydroxylation is 1. The Morgan fingerprint density at radius 1 is 1.24 bits per heavy atom. The number of carbonyl (C=O) groups is 1. The Labute approximate surface area is 170 Å². The maximum absolute atomic E-state index is 12.7. The van der Waals surface area contributed by atoms with Crippen LogP contribution in [0.15, 0.2) is 45.6 Å². The first-order valence-electron chi connectivity index (χ1n) is 8.53. The molecule has 0 amide bonds. The van der Waals surface area contributed by atoms with Gasteiger partial charge in [0, 0.05) is 48.3 Å². The number of nitro benzene ring substituents is 1. The number of fused-ring (bicyclic) bond motifs is 1. The van der Waals surface area contributed by atoms with Crippen LogP contribution in [-0.2, 0) is 11.3 Å². The van der Waals surface area contributed by atoms with Crippen LogP contribution in [0.4, 0.5) is 11.4 Å². The van der Waals surface area contributed by atoms with Crippen molar-refractivity contribution in [1.29, 1.82) is 0 Å². The van der Waals surface area contributed by atoms with Crippen molar-refractivity contribution in [3.05, 3.63) is 78.6 Å². The topological polar surface area (TPSA) is 103 Å². The van der Waals surface area contributed by atoms with Crippen LogP contribution in [0.5, 0.6) is 0 Å². The lowest BCUT2D eigenvalue weighted by Gasteiger charge is -2.16. The van der Waals surface area contributed by atoms with Gasteiger partial charge in [0.25, 0.3) is 5.69 Å². The lowest BCUT2D eigenvalue weighted by molar-refractivity contribution is -0.384. The predicted molar refractivity (Wildman–Crippen MR) is 109 cm³/mol. The summed E-state index contributed by atoms with van der Waals surface area (Å²) in [7, 11) is 3.41. The molecule has 1 heterocycles. The van der Waals surface area contributed by atoms with E-state index in [4.69, 9.17) is 20.8 Å². The zero-order valence-electron chi connectivity index (χ0n) is 15.9. The zero-order chi connectivity index (χ0) is 21.3. The highest BCUT2D eigenvalue weighted by Crippen LogP contribution is 2.27. The Bertz CT molecular complexity index is 1190. The summed E-state index contributed by atoms with van der Waals surface area (Å²) in [5.41, 5.74) is 1.19. The number of esters is 1. The van der Waals surface area contributed by atoms with E-state index in [-0.39, 0.29) is 17.9 Å². The van der Waals surface area contributed by atoms with Gasteiger partial charge in [-0.2, -0.15) is 0 Å². The fraction of sp³-hybridized carbons (Fsp3) is 0.200. The Kier molecular flexibility index (Phi) is 5.56. The van der Waals surface area contributed by atoms with Crippen LogP contribution in [-0.4, -0.2) is 25.0 Å². The Morgan fingerprint density at radius 3 is 2.62 bits per heavy atom. The number of halogens is 1. The molecule has 0 saturated carbocycles. The number of nitrogens with zero attached hydrogens (tertiary/aromatic N) is 2. The summed E-state index contributed by atoms with van der Waals surface area (Å²) in [6.45, 7) is 1.55. The second-order valence-corrected chi connectivity index (χ2v) is 7.02. The quantitative estimate of drug-likeness (QED) is 0.267. The molecule has 3 aromatic rings. The first kappa shape index (κ1) is 20.3. The van der Waals surface area contributed by atoms with Crippen molar-refractivity contribution in [3.8, 4) is 0 Å². The number of benzene rings is 2. The molecule has 2 aromatic carbocycles. The minimum absolute atomic E-state index is 0.0466. The van der Waals surface area contributed by atoms with Crippen molar-refractivity contribution < 1.29 is 18.9 Å². The second kappa shape index (κ2) is 7.92. The highest BCUT2D eigenvalue weighted by Gasteiger charge is 2.20. The van der Waals surface area contributed by atoms with Gasteiger partial charge in [-0.1, -0.05) is 11.6 Å². The van der Waals surface area contributed by atoms with Crippen LogP contribution in [0.25, 0.3) is 11.0 Å². The molecule has 0 aliphatic heterocycles. The molecule has 29 heavy (non-hydrogen) atoms. The molecule has 0 aliphatic rings. The van der Waals surface area contributed by atoms with E-state index < -0.39 is 16.5 Å². The van der Waals surface area contributed by atoms with E-state index in [1.54, 1.807) is 38.1 Å². The number of carbonyl (C=O) groups excluding carboxylic acids is 1. The Balaban J connectivity index is 1.96. The van der Waals surface area contributed by atoms with Crippen molar-refractivity contribution in [1.82, 2.24) is 0 Å². The van der Waals surface area contributed by atoms with Crippen molar-refractivity contribution in [3.63, 3.8) is 0 Å². The maximum Gasteiger partial charge on any atom is 0.340 e. The number of hydrogen-bond acceptors (Lipinski definition) is 7. The third-order valence-corrected chi connectivity index (χ3v) is 4.77. The van der Waals surface area contributed by atoms with E-state index in [1.165, 1.54) is 18.2 Å². The molecule has 3 rings (SSSR count). The van der Waals surface area contributed by atoms with E-state index >= 15 is 0 Å². The lowest BCUT2D eigenvalue weighted by atomic mass is 10.1. The molecule has 0 saturated heterocycles. The van der Waals surface area contributed by atoms with Crippen molar-refractivity contribution in [2.45, 2.75) is 13.5 Å². The number of non-ortho nitro benzene ring substituents is 1. The Hall–Kier alpha value is -3.39. The molecule has 0 atom stereocenters. The number of rotatable bonds is 5. The SMILES string of the molecule is Cc1cc2oc(=O)cc(COC(=O)c3cc([N+](=O)[O-])ccc3N(C)C)c2cc1Cl. The lowest BCUT2D eigenvalue weighted by Crippen LogP contribution is -2.16. The molecule has 0 aliphatic carbocycles. The largest absolute Gasteiger partial charge is 0.457 e. The zero-order valence-corrected chi connectivity index (χ0v) is 16.6. The first-order valence-corrected chi connectivity index (χ1v) is 8.91. The van der Waals surface area contributed by atoms with Gasteiger partial charge in [-0.15, -0.1) is 0 Å². The van der Waals surface area contributed by atoms with Crippen molar-refractivity contribution in [2.75, 3.05) is 19.0 Å². The smallest absolute Gasteiger partial charge is 0.340 e. The van der Waals surface area contributed by atoms with E-state index in [2.05, 4.69) is 0 Å². The van der Waals surface area contributed by atoms with Crippen LogP contribution in [0.2, 0.25) is 5.02 Å². The monoisotopic (exact) mass is 416 g/mol. The molecular weight excluding hydrogens is 400 g/mol. The number of anilines is 1. The minimum atomic E-state index is -0.753. The van der Waals surface area contributed by atoms with Crippen LogP contribution < -0.4 is 10.5 Å². The molecule has 0 fully saturated rings. The fourth-order valence-electron chi connectivity index (χ4n) is 2.88. The number of hydrogen-bond donors (Lipinski definition) is 0. The number of nitro groups is 1. The van der Waals surface area contributed by atoms with Gasteiger partial charge in [0.1, 0.15) is 12.2 Å². The molecule has 0 bridgehead atoms. The van der Waals surface area contributed by atoms with E-state index in [1.807, 2.05) is 0 Å². The summed E-state index contributed by atoms with van der Waals surface area (Å²) in [6, 6.07) is 8.44. The van der Waals surface area contributed by atoms with Gasteiger partial charge in [0.05, 0.1) is 16.2 Å². The van der Waals surface area contributed by atoms with Crippen LogP contribution in [0.1, 0.15) is 21.5 Å². The third-order valence-electron chi connectivity index (χ3n) is 4.36. The van der Waals surface area contributed by atoms with E-state index in [0.717, 1.165) is 11.6 Å². The summed E-state index contributed by atoms with van der Waals surface area (Å²) < 4.78 is 10.5. The van der Waals surface area contributed by atoms with E-state index in [0.29, 0.717) is 27.2 Å². The van der Waals surface area contributed by atoms with Gasteiger partial charge in [-0.3, -0.25) is 10.1 Å². The molecular formula is C20H17ClN2O6. The molecule has 0 radical (unpaired) electrons.